The van der Waals surface area contributed by atoms with Gasteiger partial charge in [0.15, 0.2) is 0 Å². The Balaban J connectivity index is 1.46. The molecular weight excluding hydrogens is 438 g/mol. The summed E-state index contributed by atoms with van der Waals surface area (Å²) in [6.45, 7) is 3.00. The number of sulfonamides is 1. The maximum absolute atomic E-state index is 13.8. The van der Waals surface area contributed by atoms with Crippen molar-refractivity contribution in [1.82, 2.24) is 9.62 Å². The summed E-state index contributed by atoms with van der Waals surface area (Å²) in [6, 6.07) is 9.91. The zero-order valence-electron chi connectivity index (χ0n) is 14.7. The molecule has 0 saturated heterocycles. The number of hydrogen-bond acceptors (Lipinski definition) is 3. The molecular formula is C19H21BrF2N2O2S. The van der Waals surface area contributed by atoms with Crippen molar-refractivity contribution in [2.75, 3.05) is 19.6 Å². The van der Waals surface area contributed by atoms with Gasteiger partial charge in [0.25, 0.3) is 0 Å². The van der Waals surface area contributed by atoms with Crippen molar-refractivity contribution in [2.45, 2.75) is 30.7 Å². The van der Waals surface area contributed by atoms with E-state index < -0.39 is 26.6 Å². The van der Waals surface area contributed by atoms with Gasteiger partial charge in [-0.1, -0.05) is 24.3 Å². The van der Waals surface area contributed by atoms with Gasteiger partial charge in [0, 0.05) is 25.7 Å². The van der Waals surface area contributed by atoms with Crippen LogP contribution in [0.4, 0.5) is 8.78 Å². The average molecular weight is 459 g/mol. The fourth-order valence-corrected chi connectivity index (χ4v) is 4.85. The molecule has 8 heteroatoms. The summed E-state index contributed by atoms with van der Waals surface area (Å²) >= 11 is 2.88. The van der Waals surface area contributed by atoms with Crippen molar-refractivity contribution in [1.29, 1.82) is 0 Å². The SMILES string of the molecule is O=S(=O)(NCCCCN1CCc2ccccc2C1)c1cc(Br)c(F)cc1F. The van der Waals surface area contributed by atoms with Crippen LogP contribution in [0.3, 0.4) is 0 Å². The molecule has 0 aliphatic carbocycles. The largest absolute Gasteiger partial charge is 0.299 e. The molecule has 0 radical (unpaired) electrons. The van der Waals surface area contributed by atoms with Crippen LogP contribution in [0, 0.1) is 11.6 Å². The molecule has 0 bridgehead atoms. The monoisotopic (exact) mass is 458 g/mol. The minimum Gasteiger partial charge on any atom is -0.299 e. The first-order valence-electron chi connectivity index (χ1n) is 8.80. The Bertz CT molecular complexity index is 922. The first-order chi connectivity index (χ1) is 12.9. The second-order valence-corrected chi connectivity index (χ2v) is 9.19. The Labute approximate surface area is 166 Å². The molecule has 146 valence electrons. The summed E-state index contributed by atoms with van der Waals surface area (Å²) in [5, 5.41) is 0. The number of rotatable bonds is 7. The molecule has 1 N–H and O–H groups in total. The molecule has 0 unspecified atom stereocenters. The standard InChI is InChI=1S/C19H21BrF2N2O2S/c20-16-11-19(18(22)12-17(16)21)27(25,26)23-8-3-4-9-24-10-7-14-5-1-2-6-15(14)13-24/h1-2,5-6,11-12,23H,3-4,7-10,13H2. The lowest BCUT2D eigenvalue weighted by molar-refractivity contribution is 0.249. The quantitative estimate of drug-likeness (QED) is 0.506. The number of nitrogens with zero attached hydrogens (tertiary/aromatic N) is 1. The number of nitrogens with one attached hydrogen (secondary N) is 1. The van der Waals surface area contributed by atoms with E-state index in [9.17, 15) is 17.2 Å². The molecule has 4 nitrogen and oxygen atoms in total. The molecule has 0 amide bonds. The van der Waals surface area contributed by atoms with E-state index >= 15 is 0 Å². The lowest BCUT2D eigenvalue weighted by atomic mass is 10.00. The Hall–Kier alpha value is -1.35. The molecule has 1 heterocycles. The third kappa shape index (κ3) is 5.13. The van der Waals surface area contributed by atoms with E-state index in [0.717, 1.165) is 38.5 Å². The zero-order valence-corrected chi connectivity index (χ0v) is 17.1. The van der Waals surface area contributed by atoms with Crippen molar-refractivity contribution in [2.24, 2.45) is 0 Å². The van der Waals surface area contributed by atoms with Gasteiger partial charge in [-0.15, -0.1) is 0 Å². The van der Waals surface area contributed by atoms with Gasteiger partial charge < -0.3 is 0 Å². The van der Waals surface area contributed by atoms with Crippen LogP contribution in [0.25, 0.3) is 0 Å². The number of halogens is 3. The highest BCUT2D eigenvalue weighted by Gasteiger charge is 2.21. The summed E-state index contributed by atoms with van der Waals surface area (Å²) in [5.41, 5.74) is 2.75. The summed E-state index contributed by atoms with van der Waals surface area (Å²) < 4.78 is 53.8. The first kappa shape index (κ1) is 20.4. The smallest absolute Gasteiger partial charge is 0.243 e. The van der Waals surface area contributed by atoms with Crippen LogP contribution in [0.1, 0.15) is 24.0 Å². The second kappa shape index (κ2) is 8.77. The molecule has 1 aliphatic rings. The highest BCUT2D eigenvalue weighted by molar-refractivity contribution is 9.10. The van der Waals surface area contributed by atoms with E-state index in [2.05, 4.69) is 43.8 Å². The van der Waals surface area contributed by atoms with Crippen molar-refractivity contribution in [3.8, 4) is 0 Å². The molecule has 3 rings (SSSR count). The molecule has 27 heavy (non-hydrogen) atoms. The number of hydrogen-bond donors (Lipinski definition) is 1. The van der Waals surface area contributed by atoms with Gasteiger partial charge in [0.05, 0.1) is 4.47 Å². The van der Waals surface area contributed by atoms with Crippen molar-refractivity contribution in [3.05, 3.63) is 63.6 Å². The van der Waals surface area contributed by atoms with E-state index in [1.165, 1.54) is 11.1 Å². The summed E-state index contributed by atoms with van der Waals surface area (Å²) in [6.07, 6.45) is 2.50. The van der Waals surface area contributed by atoms with Gasteiger partial charge in [-0.05, 0) is 58.9 Å². The van der Waals surface area contributed by atoms with Gasteiger partial charge >= 0.3 is 0 Å². The van der Waals surface area contributed by atoms with Crippen molar-refractivity contribution >= 4 is 26.0 Å². The number of unbranched alkanes of at least 4 members (excludes halogenated alkanes) is 1. The Morgan fingerprint density at radius 1 is 1.07 bits per heavy atom. The van der Waals surface area contributed by atoms with Gasteiger partial charge in [-0.25, -0.2) is 21.9 Å². The van der Waals surface area contributed by atoms with E-state index in [0.29, 0.717) is 12.5 Å². The number of fused-ring (bicyclic) bond motifs is 1. The predicted molar refractivity (Wildman–Crippen MR) is 104 cm³/mol. The van der Waals surface area contributed by atoms with Crippen LogP contribution in [0.15, 0.2) is 45.8 Å². The normalized spacial score (nSPS) is 14.9. The van der Waals surface area contributed by atoms with Crippen LogP contribution in [-0.2, 0) is 23.0 Å². The van der Waals surface area contributed by atoms with E-state index in [1.807, 2.05) is 6.07 Å². The van der Waals surface area contributed by atoms with Crippen LogP contribution in [0.2, 0.25) is 0 Å². The minimum absolute atomic E-state index is 0.0883. The van der Waals surface area contributed by atoms with E-state index in [-0.39, 0.29) is 11.0 Å². The van der Waals surface area contributed by atoms with Crippen molar-refractivity contribution < 1.29 is 17.2 Å². The zero-order chi connectivity index (χ0) is 19.4. The van der Waals surface area contributed by atoms with Gasteiger partial charge in [0.1, 0.15) is 16.5 Å². The molecule has 0 atom stereocenters. The Kier molecular flexibility index (Phi) is 6.62. The second-order valence-electron chi connectivity index (χ2n) is 6.60. The summed E-state index contributed by atoms with van der Waals surface area (Å²) in [5.74, 6) is -1.94. The Morgan fingerprint density at radius 3 is 2.59 bits per heavy atom. The third-order valence-electron chi connectivity index (χ3n) is 4.67. The van der Waals surface area contributed by atoms with Crippen LogP contribution < -0.4 is 4.72 Å². The van der Waals surface area contributed by atoms with Crippen LogP contribution in [-0.4, -0.2) is 33.0 Å². The van der Waals surface area contributed by atoms with E-state index in [1.54, 1.807) is 0 Å². The molecule has 2 aromatic rings. The molecule has 0 saturated carbocycles. The lowest BCUT2D eigenvalue weighted by Gasteiger charge is -2.28. The highest BCUT2D eigenvalue weighted by Crippen LogP contribution is 2.23. The fourth-order valence-electron chi connectivity index (χ4n) is 3.20. The maximum Gasteiger partial charge on any atom is 0.243 e. The van der Waals surface area contributed by atoms with Gasteiger partial charge in [0.2, 0.25) is 10.0 Å². The fraction of sp³-hybridized carbons (Fsp3) is 0.368. The van der Waals surface area contributed by atoms with Crippen LogP contribution >= 0.6 is 15.9 Å². The third-order valence-corrected chi connectivity index (χ3v) is 6.75. The lowest BCUT2D eigenvalue weighted by Crippen LogP contribution is -2.32. The molecule has 0 aromatic heterocycles. The Morgan fingerprint density at radius 2 is 1.81 bits per heavy atom. The highest BCUT2D eigenvalue weighted by atomic mass is 79.9. The van der Waals surface area contributed by atoms with Gasteiger partial charge in [-0.3, -0.25) is 4.90 Å². The summed E-state index contributed by atoms with van der Waals surface area (Å²) in [4.78, 5) is 1.80. The average Bonchev–Trinajstić information content (AvgIpc) is 2.64. The molecule has 0 fully saturated rings. The van der Waals surface area contributed by atoms with E-state index in [4.69, 9.17) is 0 Å². The van der Waals surface area contributed by atoms with Gasteiger partial charge in [-0.2, -0.15) is 0 Å². The summed E-state index contributed by atoms with van der Waals surface area (Å²) in [7, 11) is -4.01. The maximum atomic E-state index is 13.8. The minimum atomic E-state index is -4.01. The topological polar surface area (TPSA) is 49.4 Å². The van der Waals surface area contributed by atoms with Crippen molar-refractivity contribution in [3.63, 3.8) is 0 Å². The predicted octanol–water partition coefficient (Wildman–Crippen LogP) is 3.84. The molecule has 0 spiro atoms. The van der Waals surface area contributed by atoms with Crippen LogP contribution in [0.5, 0.6) is 0 Å². The first-order valence-corrected chi connectivity index (χ1v) is 11.1. The molecule has 2 aromatic carbocycles. The molecule has 1 aliphatic heterocycles. The number of benzene rings is 2.